The number of aromatic nitrogens is 2. The first-order valence-electron chi connectivity index (χ1n) is 12.5. The van der Waals surface area contributed by atoms with E-state index in [-0.39, 0.29) is 10.2 Å². The number of phosphoric ester groups is 1. The van der Waals surface area contributed by atoms with Crippen molar-refractivity contribution in [3.8, 4) is 0 Å². The number of aromatic amines is 1. The Morgan fingerprint density at radius 1 is 0.955 bits per heavy atom. The molecule has 1 aromatic carbocycles. The molecule has 248 valence electrons. The van der Waals surface area contributed by atoms with Crippen LogP contribution in [0.15, 0.2) is 46.1 Å². The second kappa shape index (κ2) is 15.3. The minimum atomic E-state index is -6.02. The van der Waals surface area contributed by atoms with E-state index in [1.165, 1.54) is 18.2 Å². The van der Waals surface area contributed by atoms with Gasteiger partial charge < -0.3 is 34.2 Å². The molecule has 1 saturated heterocycles. The van der Waals surface area contributed by atoms with Gasteiger partial charge in [-0.15, -0.1) is 0 Å². The third-order valence-corrected chi connectivity index (χ3v) is 13.5. The molecule has 2 aromatic rings. The lowest BCUT2D eigenvalue weighted by molar-refractivity contribution is -0.0746. The molecule has 0 spiro atoms. The van der Waals surface area contributed by atoms with Crippen molar-refractivity contribution in [2.24, 2.45) is 0 Å². The van der Waals surface area contributed by atoms with Crippen molar-refractivity contribution < 1.29 is 69.9 Å². The molecule has 1 aliphatic rings. The van der Waals surface area contributed by atoms with Crippen LogP contribution in [0.2, 0.25) is 0 Å². The van der Waals surface area contributed by atoms with Crippen LogP contribution in [-0.2, 0) is 45.2 Å². The van der Waals surface area contributed by atoms with Gasteiger partial charge in [-0.3, -0.25) is 23.4 Å². The Labute approximate surface area is 262 Å². The maximum absolute atomic E-state index is 12.5. The van der Waals surface area contributed by atoms with Gasteiger partial charge in [0.1, 0.15) is 18.3 Å². The number of H-pyrrole nitrogens is 1. The third kappa shape index (κ3) is 10.6. The van der Waals surface area contributed by atoms with Crippen molar-refractivity contribution in [2.75, 3.05) is 13.2 Å². The largest absolute Gasteiger partial charge is 0.490 e. The Kier molecular flexibility index (Phi) is 13.1. The monoisotopic (exact) mass is 820 g/mol. The summed E-state index contributed by atoms with van der Waals surface area (Å²) in [5, 5.41) is 10.3. The quantitative estimate of drug-likeness (QED) is 0.0801. The maximum Gasteiger partial charge on any atom is 0.490 e. The highest BCUT2D eigenvalue weighted by Gasteiger charge is 2.49. The van der Waals surface area contributed by atoms with E-state index >= 15 is 0 Å². The summed E-state index contributed by atoms with van der Waals surface area (Å²) in [5.41, 5.74) is -1.63. The number of rotatable bonds is 16. The van der Waals surface area contributed by atoms with Gasteiger partial charge in [0.15, 0.2) is 6.23 Å². The molecule has 24 heteroatoms. The topological polar surface area (TPSA) is 280 Å². The summed E-state index contributed by atoms with van der Waals surface area (Å²) in [7, 11) is -22.7. The number of unbranched alkanes of at least 4 members (excludes halogenated alkanes) is 2. The molecule has 0 amide bonds. The van der Waals surface area contributed by atoms with Crippen LogP contribution in [0.25, 0.3) is 0 Å². The van der Waals surface area contributed by atoms with Crippen LogP contribution in [0.3, 0.4) is 0 Å². The predicted octanol–water partition coefficient (Wildman–Crippen LogP) is 1.85. The van der Waals surface area contributed by atoms with Gasteiger partial charge in [-0.25, -0.2) is 22.8 Å². The molecule has 0 radical (unpaired) electrons. The number of ether oxygens (including phenoxy) is 2. The van der Waals surface area contributed by atoms with Crippen LogP contribution < -0.4 is 16.6 Å². The van der Waals surface area contributed by atoms with E-state index in [4.69, 9.17) is 9.47 Å². The normalized spacial score (nSPS) is 25.9. The fraction of sp³-hybridized carbons (Fsp3) is 0.500. The fourth-order valence-electron chi connectivity index (χ4n) is 3.81. The van der Waals surface area contributed by atoms with E-state index in [2.05, 4.69) is 17.5 Å². The number of halogens is 1. The molecule has 1 fully saturated rings. The molecular formula is C20H29IN2O17P4. The number of phosphoric acid groups is 3. The van der Waals surface area contributed by atoms with Gasteiger partial charge in [0.25, 0.3) is 5.56 Å². The first-order chi connectivity index (χ1) is 20.4. The molecule has 8 atom stereocenters. The Balaban J connectivity index is 1.68. The number of hydrogen-bond acceptors (Lipinski definition) is 13. The van der Waals surface area contributed by atoms with Gasteiger partial charge in [-0.05, 0) is 41.1 Å². The first-order valence-corrected chi connectivity index (χ1v) is 19.6. The molecule has 1 aliphatic heterocycles. The van der Waals surface area contributed by atoms with Crippen LogP contribution in [0, 0.1) is 3.57 Å². The van der Waals surface area contributed by atoms with Crippen LogP contribution in [-0.4, -0.2) is 65.8 Å². The number of hydrogen-bond donors (Lipinski definition) is 6. The van der Waals surface area contributed by atoms with Crippen LogP contribution in [0.5, 0.6) is 0 Å². The molecule has 0 saturated carbocycles. The summed E-state index contributed by atoms with van der Waals surface area (Å²) >= 11 is 1.62. The zero-order chi connectivity index (χ0) is 32.9. The van der Waals surface area contributed by atoms with E-state index in [1.807, 2.05) is 11.9 Å². The highest BCUT2D eigenvalue weighted by molar-refractivity contribution is 14.1. The Morgan fingerprint density at radius 2 is 1.59 bits per heavy atom. The number of aliphatic hydroxyl groups excluding tert-OH is 1. The SMILES string of the molecule is CCCCCO[C@H]1C(O)[C@@H](COP(=O)(O)OP(=O)(O)OP(=O)(O)OP(=O)(O)c2ccccc2I)O[C@H]1n1ccc(=O)[nH]c1=O. The fourth-order valence-corrected chi connectivity index (χ4v) is 10.6. The molecule has 2 heterocycles. The maximum atomic E-state index is 12.5. The van der Waals surface area contributed by atoms with E-state index in [9.17, 15) is 52.5 Å². The van der Waals surface area contributed by atoms with Crippen molar-refractivity contribution in [3.63, 3.8) is 0 Å². The molecule has 0 aliphatic carbocycles. The van der Waals surface area contributed by atoms with Crippen molar-refractivity contribution in [3.05, 3.63) is 60.9 Å². The smallest absolute Gasteiger partial charge is 0.387 e. The van der Waals surface area contributed by atoms with Crippen molar-refractivity contribution in [2.45, 2.75) is 50.7 Å². The van der Waals surface area contributed by atoms with E-state index in [1.54, 1.807) is 22.6 Å². The summed E-state index contributed by atoms with van der Waals surface area (Å²) in [6.45, 7) is 1.04. The molecule has 1 aromatic heterocycles. The molecule has 6 N–H and O–H groups in total. The lowest BCUT2D eigenvalue weighted by Crippen LogP contribution is -2.39. The van der Waals surface area contributed by atoms with Crippen molar-refractivity contribution in [1.29, 1.82) is 0 Å². The second-order valence-corrected chi connectivity index (χ2v) is 16.7. The van der Waals surface area contributed by atoms with Crippen LogP contribution in [0.1, 0.15) is 32.4 Å². The minimum absolute atomic E-state index is 0.126. The highest BCUT2D eigenvalue weighted by Crippen LogP contribution is 2.71. The van der Waals surface area contributed by atoms with E-state index in [0.717, 1.165) is 35.7 Å². The zero-order valence-corrected chi connectivity index (χ0v) is 28.3. The van der Waals surface area contributed by atoms with Gasteiger partial charge in [-0.2, -0.15) is 8.62 Å². The standard InChI is InChI=1S/C20H29IN2O17P4/c1-2-3-6-11-35-18-17(25)14(37-19(18)23-10-9-16(24)22-20(23)26)12-36-42(29,30)39-44(33,34)40-43(31,32)38-41(27,28)15-8-5-4-7-13(15)21/h4-5,7-10,14,17-19,25H,2-3,6,11-12H2,1H3,(H,27,28)(H,29,30)(H,31,32)(H,33,34)(H,22,24,26)/t14-,17?,18+,19-/m1/s1. The van der Waals surface area contributed by atoms with Crippen LogP contribution >= 0.6 is 53.7 Å². The zero-order valence-electron chi connectivity index (χ0n) is 22.6. The van der Waals surface area contributed by atoms with Gasteiger partial charge in [0, 0.05) is 22.4 Å². The lowest BCUT2D eigenvalue weighted by Gasteiger charge is -2.22. The molecule has 0 bridgehead atoms. The molecule has 44 heavy (non-hydrogen) atoms. The Bertz CT molecular complexity index is 1620. The number of aliphatic hydroxyl groups is 1. The summed E-state index contributed by atoms with van der Waals surface area (Å²) in [6, 6.07) is 6.22. The first kappa shape index (κ1) is 37.6. The Hall–Kier alpha value is -0.890. The number of benzene rings is 1. The average Bonchev–Trinajstić information content (AvgIpc) is 3.18. The van der Waals surface area contributed by atoms with E-state index < -0.39 is 78.8 Å². The summed E-state index contributed by atoms with van der Waals surface area (Å²) in [6.07, 6.45) is -2.44. The summed E-state index contributed by atoms with van der Waals surface area (Å²) in [4.78, 5) is 65.5. The minimum Gasteiger partial charge on any atom is -0.387 e. The Morgan fingerprint density at radius 3 is 2.23 bits per heavy atom. The highest BCUT2D eigenvalue weighted by atomic mass is 127. The van der Waals surface area contributed by atoms with Gasteiger partial charge in [-0.1, -0.05) is 31.9 Å². The van der Waals surface area contributed by atoms with Gasteiger partial charge in [0.2, 0.25) is 0 Å². The third-order valence-electron chi connectivity index (χ3n) is 5.68. The molecule has 5 unspecified atom stereocenters. The number of nitrogens with zero attached hydrogens (tertiary/aromatic N) is 1. The van der Waals surface area contributed by atoms with E-state index in [0.29, 0.717) is 6.42 Å². The average molecular weight is 820 g/mol. The molecule has 19 nitrogen and oxygen atoms in total. The molecular weight excluding hydrogens is 791 g/mol. The summed E-state index contributed by atoms with van der Waals surface area (Å²) in [5.74, 6) is 0. The second-order valence-electron chi connectivity index (χ2n) is 9.03. The van der Waals surface area contributed by atoms with Crippen LogP contribution in [0.4, 0.5) is 0 Å². The van der Waals surface area contributed by atoms with Crippen molar-refractivity contribution >= 4 is 59.0 Å². The van der Waals surface area contributed by atoms with Gasteiger partial charge in [0.05, 0.1) is 11.9 Å². The van der Waals surface area contributed by atoms with Gasteiger partial charge >= 0.3 is 36.8 Å². The molecule has 3 rings (SSSR count). The lowest BCUT2D eigenvalue weighted by atomic mass is 10.1. The predicted molar refractivity (Wildman–Crippen MR) is 158 cm³/mol. The van der Waals surface area contributed by atoms with Crippen molar-refractivity contribution in [1.82, 2.24) is 9.55 Å². The summed E-state index contributed by atoms with van der Waals surface area (Å²) < 4.78 is 78.4. The number of nitrogens with one attached hydrogen (secondary N) is 1.